The van der Waals surface area contributed by atoms with Crippen LogP contribution in [0.3, 0.4) is 0 Å². The van der Waals surface area contributed by atoms with Crippen molar-refractivity contribution in [2.24, 2.45) is 0 Å². The number of nitrogens with zero attached hydrogens (tertiary/aromatic N) is 4. The normalized spacial score (nSPS) is 10.8. The smallest absolute Gasteiger partial charge is 0.254 e. The third kappa shape index (κ3) is 4.00. The van der Waals surface area contributed by atoms with E-state index in [0.717, 1.165) is 32.6 Å². The summed E-state index contributed by atoms with van der Waals surface area (Å²) < 4.78 is 5.81. The zero-order valence-electron chi connectivity index (χ0n) is 17.5. The fourth-order valence-electron chi connectivity index (χ4n) is 3.45. The Morgan fingerprint density at radius 3 is 2.90 bits per heavy atom. The van der Waals surface area contributed by atoms with Crippen molar-refractivity contribution in [2.75, 3.05) is 13.7 Å². The molecule has 0 unspecified atom stereocenters. The van der Waals surface area contributed by atoms with Gasteiger partial charge in [-0.15, -0.1) is 11.3 Å². The summed E-state index contributed by atoms with van der Waals surface area (Å²) in [5, 5.41) is 19.0. The molecule has 0 bridgehead atoms. The van der Waals surface area contributed by atoms with Crippen molar-refractivity contribution in [1.82, 2.24) is 20.1 Å². The summed E-state index contributed by atoms with van der Waals surface area (Å²) in [4.78, 5) is 20.1. The van der Waals surface area contributed by atoms with E-state index in [-0.39, 0.29) is 5.91 Å². The van der Waals surface area contributed by atoms with Gasteiger partial charge in [0.2, 0.25) is 0 Å². The number of rotatable bonds is 6. The number of carbonyl (C=O) groups is 1. The fraction of sp³-hybridized carbons (Fsp3) is 0.217. The van der Waals surface area contributed by atoms with E-state index >= 15 is 0 Å². The van der Waals surface area contributed by atoms with Crippen molar-refractivity contribution < 1.29 is 9.53 Å². The second-order valence-corrected chi connectivity index (χ2v) is 8.06. The van der Waals surface area contributed by atoms with Crippen LogP contribution in [0.15, 0.2) is 42.0 Å². The Morgan fingerprint density at radius 2 is 2.16 bits per heavy atom. The number of benzene rings is 1. The number of aryl methyl sites for hydroxylation is 1. The van der Waals surface area contributed by atoms with Gasteiger partial charge in [-0.05, 0) is 38.1 Å². The molecular formula is C23H21N5O2S. The van der Waals surface area contributed by atoms with Gasteiger partial charge >= 0.3 is 0 Å². The number of thiophene rings is 1. The van der Waals surface area contributed by atoms with Crippen molar-refractivity contribution in [3.05, 3.63) is 64.4 Å². The van der Waals surface area contributed by atoms with Gasteiger partial charge in [-0.3, -0.25) is 14.9 Å². The molecule has 31 heavy (non-hydrogen) atoms. The van der Waals surface area contributed by atoms with E-state index in [9.17, 15) is 4.79 Å². The van der Waals surface area contributed by atoms with Gasteiger partial charge in [0.05, 0.1) is 23.9 Å². The number of fused-ring (bicyclic) bond motifs is 1. The van der Waals surface area contributed by atoms with Gasteiger partial charge in [-0.1, -0.05) is 0 Å². The molecule has 156 valence electrons. The highest BCUT2D eigenvalue weighted by atomic mass is 32.1. The lowest BCUT2D eigenvalue weighted by Gasteiger charge is -2.19. The second kappa shape index (κ2) is 8.58. The SMILES string of the molecule is CCOc1cc(C(=O)N(C)Cc2cnc(C)c3cn[nH]c23)ccc1-c1cc(C#N)cs1. The molecule has 0 spiro atoms. The molecular weight excluding hydrogens is 410 g/mol. The maximum atomic E-state index is 13.1. The highest BCUT2D eigenvalue weighted by Gasteiger charge is 2.18. The minimum atomic E-state index is -0.121. The zero-order valence-corrected chi connectivity index (χ0v) is 18.3. The zero-order chi connectivity index (χ0) is 22.0. The topological polar surface area (TPSA) is 94.9 Å². The molecule has 0 aliphatic heterocycles. The predicted molar refractivity (Wildman–Crippen MR) is 120 cm³/mol. The standard InChI is InChI=1S/C23H21N5O2S/c1-4-30-20-8-16(5-6-18(20)21-7-15(9-24)13-31-21)23(29)28(3)12-17-10-25-14(2)19-11-26-27-22(17)19/h5-8,10-11,13H,4,12H2,1-3H3,(H,26,27). The number of aromatic nitrogens is 3. The van der Waals surface area contributed by atoms with Gasteiger partial charge in [0.15, 0.2) is 0 Å². The first-order valence-electron chi connectivity index (χ1n) is 9.80. The number of nitriles is 1. The summed E-state index contributed by atoms with van der Waals surface area (Å²) in [6.07, 6.45) is 3.52. The van der Waals surface area contributed by atoms with E-state index in [2.05, 4.69) is 21.3 Å². The number of hydrogen-bond acceptors (Lipinski definition) is 6. The van der Waals surface area contributed by atoms with E-state index in [0.29, 0.717) is 30.0 Å². The van der Waals surface area contributed by atoms with Crippen LogP contribution in [0.5, 0.6) is 5.75 Å². The Hall–Kier alpha value is -3.70. The molecule has 0 atom stereocenters. The van der Waals surface area contributed by atoms with Crippen LogP contribution in [0.4, 0.5) is 0 Å². The molecule has 8 heteroatoms. The number of ether oxygens (including phenoxy) is 1. The number of H-pyrrole nitrogens is 1. The van der Waals surface area contributed by atoms with Gasteiger partial charge in [-0.2, -0.15) is 10.4 Å². The monoisotopic (exact) mass is 431 g/mol. The molecule has 1 aromatic carbocycles. The lowest BCUT2D eigenvalue weighted by molar-refractivity contribution is 0.0785. The van der Waals surface area contributed by atoms with E-state index in [1.54, 1.807) is 36.5 Å². The van der Waals surface area contributed by atoms with Crippen molar-refractivity contribution in [3.8, 4) is 22.3 Å². The summed E-state index contributed by atoms with van der Waals surface area (Å²) in [6, 6.07) is 9.41. The molecule has 3 heterocycles. The Morgan fingerprint density at radius 1 is 1.32 bits per heavy atom. The number of hydrogen-bond donors (Lipinski definition) is 1. The van der Waals surface area contributed by atoms with E-state index < -0.39 is 0 Å². The molecule has 7 nitrogen and oxygen atoms in total. The number of aromatic amines is 1. The number of pyridine rings is 1. The molecule has 4 aromatic rings. The third-order valence-corrected chi connectivity index (χ3v) is 6.00. The first-order chi connectivity index (χ1) is 15.0. The highest BCUT2D eigenvalue weighted by Crippen LogP contribution is 2.35. The molecule has 3 aromatic heterocycles. The summed E-state index contributed by atoms with van der Waals surface area (Å²) in [5.41, 5.74) is 4.70. The van der Waals surface area contributed by atoms with Crippen LogP contribution in [0.25, 0.3) is 21.3 Å². The summed E-state index contributed by atoms with van der Waals surface area (Å²) in [5.74, 6) is 0.505. The van der Waals surface area contributed by atoms with Crippen molar-refractivity contribution in [2.45, 2.75) is 20.4 Å². The largest absolute Gasteiger partial charge is 0.493 e. The first-order valence-corrected chi connectivity index (χ1v) is 10.7. The molecule has 0 aliphatic carbocycles. The fourth-order valence-corrected chi connectivity index (χ4v) is 4.32. The molecule has 1 N–H and O–H groups in total. The summed E-state index contributed by atoms with van der Waals surface area (Å²) in [6.45, 7) is 4.71. The van der Waals surface area contributed by atoms with Crippen LogP contribution >= 0.6 is 11.3 Å². The molecule has 0 saturated carbocycles. The van der Waals surface area contributed by atoms with E-state index in [1.807, 2.05) is 31.4 Å². The van der Waals surface area contributed by atoms with Crippen LogP contribution in [0.1, 0.15) is 34.1 Å². The third-order valence-electron chi connectivity index (χ3n) is 5.04. The molecule has 0 radical (unpaired) electrons. The van der Waals surface area contributed by atoms with Gasteiger partial charge < -0.3 is 9.64 Å². The first kappa shape index (κ1) is 20.6. The average Bonchev–Trinajstić information content (AvgIpc) is 3.45. The van der Waals surface area contributed by atoms with Crippen LogP contribution < -0.4 is 4.74 Å². The Kier molecular flexibility index (Phi) is 5.69. The van der Waals surface area contributed by atoms with Crippen LogP contribution in [0, 0.1) is 18.3 Å². The van der Waals surface area contributed by atoms with E-state index in [1.165, 1.54) is 11.3 Å². The quantitative estimate of drug-likeness (QED) is 0.484. The summed E-state index contributed by atoms with van der Waals surface area (Å²) >= 11 is 1.48. The minimum absolute atomic E-state index is 0.121. The maximum absolute atomic E-state index is 13.1. The Bertz CT molecular complexity index is 1300. The van der Waals surface area contributed by atoms with Gasteiger partial charge in [0, 0.05) is 57.8 Å². The minimum Gasteiger partial charge on any atom is -0.493 e. The van der Waals surface area contributed by atoms with E-state index in [4.69, 9.17) is 10.00 Å². The number of amides is 1. The summed E-state index contributed by atoms with van der Waals surface area (Å²) in [7, 11) is 1.76. The van der Waals surface area contributed by atoms with Crippen LogP contribution in [-0.2, 0) is 6.54 Å². The van der Waals surface area contributed by atoms with Crippen LogP contribution in [0.2, 0.25) is 0 Å². The number of nitrogens with one attached hydrogen (secondary N) is 1. The van der Waals surface area contributed by atoms with Gasteiger partial charge in [0.1, 0.15) is 11.8 Å². The van der Waals surface area contributed by atoms with Gasteiger partial charge in [0.25, 0.3) is 5.91 Å². The maximum Gasteiger partial charge on any atom is 0.254 e. The predicted octanol–water partition coefficient (Wildman–Crippen LogP) is 4.54. The van der Waals surface area contributed by atoms with Gasteiger partial charge in [-0.25, -0.2) is 0 Å². The molecule has 4 rings (SSSR count). The average molecular weight is 432 g/mol. The highest BCUT2D eigenvalue weighted by molar-refractivity contribution is 7.13. The Labute approximate surface area is 183 Å². The lowest BCUT2D eigenvalue weighted by Crippen LogP contribution is -2.26. The van der Waals surface area contributed by atoms with Crippen LogP contribution in [-0.4, -0.2) is 39.6 Å². The van der Waals surface area contributed by atoms with Crippen molar-refractivity contribution >= 4 is 28.1 Å². The number of carbonyl (C=O) groups excluding carboxylic acids is 1. The Balaban J connectivity index is 1.61. The van der Waals surface area contributed by atoms with Crippen molar-refractivity contribution in [1.29, 1.82) is 5.26 Å². The lowest BCUT2D eigenvalue weighted by atomic mass is 10.1. The molecule has 1 amide bonds. The molecule has 0 fully saturated rings. The molecule has 0 aliphatic rings. The second-order valence-electron chi connectivity index (χ2n) is 7.14. The van der Waals surface area contributed by atoms with Crippen molar-refractivity contribution in [3.63, 3.8) is 0 Å². The molecule has 0 saturated heterocycles.